The van der Waals surface area contributed by atoms with E-state index in [0.29, 0.717) is 35.7 Å². The van der Waals surface area contributed by atoms with Gasteiger partial charge in [0.25, 0.3) is 0 Å². The molecule has 0 saturated heterocycles. The largest absolute Gasteiger partial charge is 1.00 e. The van der Waals surface area contributed by atoms with Crippen molar-refractivity contribution in [2.45, 2.75) is 31.8 Å². The predicted molar refractivity (Wildman–Crippen MR) is 88.8 cm³/mol. The number of hydrogen-bond donors (Lipinski definition) is 0. The monoisotopic (exact) mass is 376 g/mol. The van der Waals surface area contributed by atoms with Crippen molar-refractivity contribution in [3.05, 3.63) is 42.4 Å². The van der Waals surface area contributed by atoms with Crippen LogP contribution in [-0.4, -0.2) is 32.8 Å². The van der Waals surface area contributed by atoms with Crippen LogP contribution < -0.4 is 44.1 Å². The molecule has 4 rings (SSSR count). The molecule has 0 unspecified atom stereocenters. The molecule has 1 aliphatic rings. The normalized spacial score (nSPS) is 18.3. The first kappa shape index (κ1) is 19.6. The molecular weight excluding hydrogens is 359 g/mol. The molecule has 0 aliphatic heterocycles. The van der Waals surface area contributed by atoms with E-state index in [4.69, 9.17) is 14.0 Å². The average molecular weight is 376 g/mol. The van der Waals surface area contributed by atoms with E-state index in [9.17, 15) is 5.11 Å². The van der Waals surface area contributed by atoms with Crippen molar-refractivity contribution in [1.29, 1.82) is 0 Å². The van der Waals surface area contributed by atoms with E-state index in [2.05, 4.69) is 20.1 Å². The summed E-state index contributed by atoms with van der Waals surface area (Å²) in [6.07, 6.45) is 6.71. The summed E-state index contributed by atoms with van der Waals surface area (Å²) in [4.78, 5) is 12.6. The van der Waals surface area contributed by atoms with Crippen molar-refractivity contribution in [2.75, 3.05) is 6.61 Å². The van der Waals surface area contributed by atoms with Crippen LogP contribution in [0.3, 0.4) is 0 Å². The van der Waals surface area contributed by atoms with E-state index in [1.807, 2.05) is 19.1 Å². The van der Waals surface area contributed by atoms with Gasteiger partial charge in [0.15, 0.2) is 5.76 Å². The SMILES string of the molecule is CCOc1cc([C@H]2C[C@H](Oc3cnc(-c4cc([O-])no4)cn3)C2)ccn1.[Na+]. The van der Waals surface area contributed by atoms with Crippen LogP contribution in [0.5, 0.6) is 17.6 Å². The van der Waals surface area contributed by atoms with Crippen LogP contribution in [0, 0.1) is 0 Å². The van der Waals surface area contributed by atoms with Gasteiger partial charge in [0.2, 0.25) is 11.8 Å². The van der Waals surface area contributed by atoms with Gasteiger partial charge in [-0.2, -0.15) is 0 Å². The zero-order valence-electron chi connectivity index (χ0n) is 15.2. The molecule has 134 valence electrons. The number of aromatic nitrogens is 4. The van der Waals surface area contributed by atoms with Crippen LogP contribution >= 0.6 is 0 Å². The Hall–Kier alpha value is -2.16. The third-order valence-electron chi connectivity index (χ3n) is 4.27. The second-order valence-corrected chi connectivity index (χ2v) is 6.04. The molecule has 0 bridgehead atoms. The third-order valence-corrected chi connectivity index (χ3v) is 4.27. The van der Waals surface area contributed by atoms with Crippen LogP contribution in [0.4, 0.5) is 0 Å². The Morgan fingerprint density at radius 1 is 1.15 bits per heavy atom. The standard InChI is InChI=1S/C18H18N4O4.Na/c1-2-24-17-7-11(3-4-19-17)12-5-13(6-12)25-18-10-20-14(9-21-18)15-8-16(23)22-26-15;/h3-4,7-10,12-13H,2,5-6H2,1H3,(H,22,23);/q;+1/p-1/t12-,13-;. The molecule has 0 spiro atoms. The molecule has 27 heavy (non-hydrogen) atoms. The molecule has 0 N–H and O–H groups in total. The number of ether oxygens (including phenoxy) is 2. The Morgan fingerprint density at radius 3 is 2.67 bits per heavy atom. The van der Waals surface area contributed by atoms with Crippen LogP contribution in [0.2, 0.25) is 0 Å². The summed E-state index contributed by atoms with van der Waals surface area (Å²) >= 11 is 0. The molecule has 3 heterocycles. The van der Waals surface area contributed by atoms with Crippen molar-refractivity contribution < 1.29 is 48.7 Å². The van der Waals surface area contributed by atoms with Gasteiger partial charge in [-0.25, -0.2) is 15.0 Å². The fourth-order valence-electron chi connectivity index (χ4n) is 2.89. The summed E-state index contributed by atoms with van der Waals surface area (Å²) in [6.45, 7) is 2.54. The van der Waals surface area contributed by atoms with Gasteiger partial charge in [0, 0.05) is 24.2 Å². The Bertz CT molecular complexity index is 881. The second kappa shape index (κ2) is 8.69. The quantitative estimate of drug-likeness (QED) is 0.522. The Kier molecular flexibility index (Phi) is 6.30. The molecule has 9 heteroatoms. The van der Waals surface area contributed by atoms with Gasteiger partial charge in [-0.05, 0) is 37.3 Å². The minimum atomic E-state index is -0.439. The predicted octanol–water partition coefficient (Wildman–Crippen LogP) is -0.672. The molecule has 1 saturated carbocycles. The van der Waals surface area contributed by atoms with E-state index in [-0.39, 0.29) is 35.7 Å². The zero-order valence-corrected chi connectivity index (χ0v) is 17.2. The van der Waals surface area contributed by atoms with E-state index in [1.165, 1.54) is 24.0 Å². The maximum absolute atomic E-state index is 11.0. The average Bonchev–Trinajstić information content (AvgIpc) is 3.05. The van der Waals surface area contributed by atoms with Crippen molar-refractivity contribution in [3.63, 3.8) is 0 Å². The number of nitrogens with zero attached hydrogens (tertiary/aromatic N) is 4. The smallest absolute Gasteiger partial charge is 0.856 e. The Morgan fingerprint density at radius 2 is 2.00 bits per heavy atom. The van der Waals surface area contributed by atoms with Gasteiger partial charge >= 0.3 is 29.6 Å². The Labute approximate surface area is 178 Å². The summed E-state index contributed by atoms with van der Waals surface area (Å²) in [5.41, 5.74) is 1.65. The summed E-state index contributed by atoms with van der Waals surface area (Å²) in [5.74, 6) is 1.39. The molecule has 1 fully saturated rings. The van der Waals surface area contributed by atoms with Crippen LogP contribution in [0.1, 0.15) is 31.2 Å². The molecule has 0 atom stereocenters. The summed E-state index contributed by atoms with van der Waals surface area (Å²) < 4.78 is 16.2. The first-order chi connectivity index (χ1) is 12.7. The van der Waals surface area contributed by atoms with Crippen molar-refractivity contribution >= 4 is 0 Å². The van der Waals surface area contributed by atoms with E-state index in [1.54, 1.807) is 6.20 Å². The fourth-order valence-corrected chi connectivity index (χ4v) is 2.89. The zero-order chi connectivity index (χ0) is 17.9. The number of pyridine rings is 1. The third kappa shape index (κ3) is 4.58. The van der Waals surface area contributed by atoms with Crippen molar-refractivity contribution in [1.82, 2.24) is 20.1 Å². The van der Waals surface area contributed by atoms with Crippen molar-refractivity contribution in [3.8, 4) is 29.1 Å². The minimum absolute atomic E-state index is 0. The number of rotatable bonds is 6. The first-order valence-electron chi connectivity index (χ1n) is 8.43. The molecule has 0 aromatic carbocycles. The summed E-state index contributed by atoms with van der Waals surface area (Å²) in [7, 11) is 0. The van der Waals surface area contributed by atoms with Gasteiger partial charge in [0.05, 0.1) is 19.0 Å². The molecule has 1 aliphatic carbocycles. The van der Waals surface area contributed by atoms with Gasteiger partial charge in [-0.1, -0.05) is 5.16 Å². The van der Waals surface area contributed by atoms with E-state index >= 15 is 0 Å². The topological polar surface area (TPSA) is 106 Å². The minimum Gasteiger partial charge on any atom is -0.856 e. The van der Waals surface area contributed by atoms with Gasteiger partial charge in [-0.15, -0.1) is 0 Å². The fraction of sp³-hybridized carbons (Fsp3) is 0.333. The molecule has 3 aromatic rings. The maximum atomic E-state index is 11.0. The number of hydrogen-bond acceptors (Lipinski definition) is 8. The second-order valence-electron chi connectivity index (χ2n) is 6.04. The maximum Gasteiger partial charge on any atom is 1.00 e. The molecule has 0 radical (unpaired) electrons. The van der Waals surface area contributed by atoms with Gasteiger partial charge in [-0.3, -0.25) is 0 Å². The van der Waals surface area contributed by atoms with E-state index < -0.39 is 5.88 Å². The summed E-state index contributed by atoms with van der Waals surface area (Å²) in [5, 5.41) is 14.3. The first-order valence-corrected chi connectivity index (χ1v) is 8.43. The molecule has 0 amide bonds. The molecule has 8 nitrogen and oxygen atoms in total. The molecular formula is C18H17N4NaO4. The summed E-state index contributed by atoms with van der Waals surface area (Å²) in [6, 6.07) is 5.27. The van der Waals surface area contributed by atoms with Gasteiger partial charge in [0.1, 0.15) is 11.8 Å². The van der Waals surface area contributed by atoms with Crippen LogP contribution in [0.15, 0.2) is 41.3 Å². The van der Waals surface area contributed by atoms with Crippen LogP contribution in [0.25, 0.3) is 11.5 Å². The van der Waals surface area contributed by atoms with Gasteiger partial charge < -0.3 is 19.1 Å². The van der Waals surface area contributed by atoms with Crippen molar-refractivity contribution in [2.24, 2.45) is 0 Å². The van der Waals surface area contributed by atoms with E-state index in [0.717, 1.165) is 12.8 Å². The molecule has 3 aromatic heterocycles. The Balaban J connectivity index is 0.00000210. The van der Waals surface area contributed by atoms with Crippen LogP contribution in [-0.2, 0) is 0 Å².